The van der Waals surface area contributed by atoms with Crippen molar-refractivity contribution in [2.24, 2.45) is 0 Å². The van der Waals surface area contributed by atoms with Gasteiger partial charge in [-0.15, -0.1) is 0 Å². The van der Waals surface area contributed by atoms with Gasteiger partial charge in [0.2, 0.25) is 0 Å². The third-order valence-corrected chi connectivity index (χ3v) is 3.11. The average molecular weight is 279 g/mol. The van der Waals surface area contributed by atoms with E-state index in [0.717, 1.165) is 17.5 Å². The zero-order valence-corrected chi connectivity index (χ0v) is 10.1. The summed E-state index contributed by atoms with van der Waals surface area (Å²) in [6.07, 6.45) is -4.35. The molecular weight excluding hydrogens is 270 g/mol. The van der Waals surface area contributed by atoms with Crippen LogP contribution in [0, 0.1) is 5.82 Å². The molecule has 0 aliphatic heterocycles. The molecule has 102 valence electrons. The molecule has 1 nitrogen and oxygen atoms in total. The summed E-state index contributed by atoms with van der Waals surface area (Å²) in [5.74, 6) is -0.363. The second-order valence-corrected chi connectivity index (χ2v) is 4.49. The summed E-state index contributed by atoms with van der Waals surface area (Å²) in [6, 6.07) is 10.9. The van der Waals surface area contributed by atoms with Crippen LogP contribution in [0.2, 0.25) is 0 Å². The van der Waals surface area contributed by atoms with Crippen LogP contribution in [0.15, 0.2) is 48.5 Å². The quantitative estimate of drug-likeness (QED) is 0.604. The molecule has 1 N–H and O–H groups in total. The molecule has 3 aromatic rings. The topological polar surface area (TPSA) is 15.8 Å². The Kier molecular flexibility index (Phi) is 2.78. The highest BCUT2D eigenvalue weighted by Gasteiger charge is 2.29. The van der Waals surface area contributed by atoms with Crippen molar-refractivity contribution in [1.82, 2.24) is 4.98 Å². The van der Waals surface area contributed by atoms with E-state index < -0.39 is 11.7 Å². The van der Waals surface area contributed by atoms with Crippen molar-refractivity contribution in [3.8, 4) is 11.3 Å². The van der Waals surface area contributed by atoms with Gasteiger partial charge in [-0.25, -0.2) is 4.39 Å². The fraction of sp³-hybridized carbons (Fsp3) is 0.0667. The molecule has 0 atom stereocenters. The van der Waals surface area contributed by atoms with Crippen LogP contribution in [0.4, 0.5) is 17.6 Å². The molecule has 0 saturated carbocycles. The summed E-state index contributed by atoms with van der Waals surface area (Å²) in [5.41, 5.74) is 1.19. The number of nitrogens with one attached hydrogen (secondary N) is 1. The van der Waals surface area contributed by atoms with Gasteiger partial charge in [-0.1, -0.05) is 12.1 Å². The van der Waals surface area contributed by atoms with Gasteiger partial charge in [-0.2, -0.15) is 13.2 Å². The van der Waals surface area contributed by atoms with E-state index >= 15 is 0 Å². The lowest BCUT2D eigenvalue weighted by Crippen LogP contribution is -2.03. The van der Waals surface area contributed by atoms with Gasteiger partial charge >= 0.3 is 6.18 Å². The number of alkyl halides is 3. The Morgan fingerprint density at radius 3 is 2.20 bits per heavy atom. The molecule has 2 aromatic carbocycles. The number of hydrogen-bond donors (Lipinski definition) is 1. The van der Waals surface area contributed by atoms with Crippen LogP contribution in [0.3, 0.4) is 0 Å². The number of hydrogen-bond acceptors (Lipinski definition) is 0. The van der Waals surface area contributed by atoms with Gasteiger partial charge in [0.05, 0.1) is 5.56 Å². The molecule has 0 unspecified atom stereocenters. The van der Waals surface area contributed by atoms with Crippen LogP contribution < -0.4 is 0 Å². The molecule has 0 amide bonds. The first-order valence-electron chi connectivity index (χ1n) is 5.89. The highest BCUT2D eigenvalue weighted by Crippen LogP contribution is 2.31. The van der Waals surface area contributed by atoms with Gasteiger partial charge in [0, 0.05) is 16.6 Å². The second kappa shape index (κ2) is 4.37. The lowest BCUT2D eigenvalue weighted by molar-refractivity contribution is -0.137. The van der Waals surface area contributed by atoms with E-state index in [4.69, 9.17) is 0 Å². The predicted molar refractivity (Wildman–Crippen MR) is 68.7 cm³/mol. The van der Waals surface area contributed by atoms with Gasteiger partial charge in [-0.05, 0) is 42.0 Å². The maximum Gasteiger partial charge on any atom is 0.416 e. The van der Waals surface area contributed by atoms with Crippen LogP contribution in [0.5, 0.6) is 0 Å². The highest BCUT2D eigenvalue weighted by molar-refractivity contribution is 5.85. The third kappa shape index (κ3) is 2.27. The van der Waals surface area contributed by atoms with Gasteiger partial charge in [0.25, 0.3) is 0 Å². The Hall–Kier alpha value is -2.30. The molecule has 20 heavy (non-hydrogen) atoms. The number of benzene rings is 2. The minimum atomic E-state index is -4.35. The smallest absolute Gasteiger partial charge is 0.354 e. The molecule has 0 aliphatic carbocycles. The Labute approximate surface area is 111 Å². The Morgan fingerprint density at radius 1 is 0.850 bits per heavy atom. The van der Waals surface area contributed by atoms with E-state index in [0.29, 0.717) is 16.8 Å². The Balaban J connectivity index is 2.02. The summed E-state index contributed by atoms with van der Waals surface area (Å²) in [5, 5.41) is 0.807. The van der Waals surface area contributed by atoms with Crippen molar-refractivity contribution in [2.75, 3.05) is 0 Å². The van der Waals surface area contributed by atoms with Crippen molar-refractivity contribution in [3.05, 3.63) is 59.9 Å². The van der Waals surface area contributed by atoms with E-state index in [1.165, 1.54) is 24.3 Å². The van der Waals surface area contributed by atoms with Crippen LogP contribution in [-0.2, 0) is 6.18 Å². The Morgan fingerprint density at radius 2 is 1.55 bits per heavy atom. The zero-order chi connectivity index (χ0) is 14.3. The van der Waals surface area contributed by atoms with Crippen LogP contribution in [-0.4, -0.2) is 4.98 Å². The average Bonchev–Trinajstić information content (AvgIpc) is 2.80. The number of aromatic amines is 1. The molecule has 5 heteroatoms. The first-order chi connectivity index (χ1) is 9.43. The first-order valence-corrected chi connectivity index (χ1v) is 5.89. The van der Waals surface area contributed by atoms with Gasteiger partial charge in [0.15, 0.2) is 0 Å². The van der Waals surface area contributed by atoms with E-state index in [2.05, 4.69) is 4.98 Å². The maximum absolute atomic E-state index is 13.1. The van der Waals surface area contributed by atoms with E-state index in [-0.39, 0.29) is 5.82 Å². The van der Waals surface area contributed by atoms with Gasteiger partial charge in [0.1, 0.15) is 5.82 Å². The molecule has 0 bridgehead atoms. The van der Waals surface area contributed by atoms with E-state index in [1.54, 1.807) is 12.1 Å². The van der Waals surface area contributed by atoms with Crippen molar-refractivity contribution in [3.63, 3.8) is 0 Å². The molecule has 0 fully saturated rings. The van der Waals surface area contributed by atoms with Crippen molar-refractivity contribution in [1.29, 1.82) is 0 Å². The lowest BCUT2D eigenvalue weighted by atomic mass is 10.1. The predicted octanol–water partition coefficient (Wildman–Crippen LogP) is 4.99. The number of H-pyrrole nitrogens is 1. The summed E-state index contributed by atoms with van der Waals surface area (Å²) in [4.78, 5) is 2.99. The first kappa shape index (κ1) is 12.7. The summed E-state index contributed by atoms with van der Waals surface area (Å²) in [6.45, 7) is 0. The molecule has 0 saturated heterocycles. The minimum Gasteiger partial charge on any atom is -0.354 e. The van der Waals surface area contributed by atoms with Crippen LogP contribution in [0.25, 0.3) is 22.2 Å². The van der Waals surface area contributed by atoms with Crippen LogP contribution >= 0.6 is 0 Å². The molecular formula is C15H9F4N. The third-order valence-electron chi connectivity index (χ3n) is 3.11. The molecule has 3 rings (SSSR count). The molecule has 1 aromatic heterocycles. The standard InChI is InChI=1S/C15H9F4N/c16-12-6-3-10-7-13(20-14(10)8-12)9-1-4-11(5-2-9)15(17,18)19/h1-8,20H. The molecule has 1 heterocycles. The molecule has 0 radical (unpaired) electrons. The Bertz CT molecular complexity index is 754. The lowest BCUT2D eigenvalue weighted by Gasteiger charge is -2.06. The minimum absolute atomic E-state index is 0.363. The summed E-state index contributed by atoms with van der Waals surface area (Å²) in [7, 11) is 0. The normalized spacial score (nSPS) is 12.0. The van der Waals surface area contributed by atoms with Crippen LogP contribution in [0.1, 0.15) is 5.56 Å². The van der Waals surface area contributed by atoms with Crippen molar-refractivity contribution >= 4 is 10.9 Å². The fourth-order valence-electron chi connectivity index (χ4n) is 2.09. The molecule has 0 spiro atoms. The number of fused-ring (bicyclic) bond motifs is 1. The summed E-state index contributed by atoms with van der Waals surface area (Å²) >= 11 is 0. The maximum atomic E-state index is 13.1. The summed E-state index contributed by atoms with van der Waals surface area (Å²) < 4.78 is 50.5. The van der Waals surface area contributed by atoms with E-state index in [1.807, 2.05) is 0 Å². The number of halogens is 4. The number of rotatable bonds is 1. The number of aromatic nitrogens is 1. The van der Waals surface area contributed by atoms with Crippen molar-refractivity contribution < 1.29 is 17.6 Å². The highest BCUT2D eigenvalue weighted by atomic mass is 19.4. The second-order valence-electron chi connectivity index (χ2n) is 4.49. The van der Waals surface area contributed by atoms with Gasteiger partial charge < -0.3 is 4.98 Å². The largest absolute Gasteiger partial charge is 0.416 e. The SMILES string of the molecule is Fc1ccc2cc(-c3ccc(C(F)(F)F)cc3)[nH]c2c1. The monoisotopic (exact) mass is 279 g/mol. The zero-order valence-electron chi connectivity index (χ0n) is 10.1. The van der Waals surface area contributed by atoms with E-state index in [9.17, 15) is 17.6 Å². The van der Waals surface area contributed by atoms with Gasteiger partial charge in [-0.3, -0.25) is 0 Å². The molecule has 0 aliphatic rings. The fourth-order valence-corrected chi connectivity index (χ4v) is 2.09. The van der Waals surface area contributed by atoms with Crippen molar-refractivity contribution in [2.45, 2.75) is 6.18 Å².